The van der Waals surface area contributed by atoms with Crippen molar-refractivity contribution in [1.82, 2.24) is 0 Å². The molecule has 1 saturated heterocycles. The minimum absolute atomic E-state index is 0.178. The summed E-state index contributed by atoms with van der Waals surface area (Å²) in [6.07, 6.45) is 2.97. The monoisotopic (exact) mass is 220 g/mol. The van der Waals surface area contributed by atoms with Crippen LogP contribution in [0, 0.1) is 0 Å². The van der Waals surface area contributed by atoms with E-state index in [-0.39, 0.29) is 19.8 Å². The van der Waals surface area contributed by atoms with Crippen molar-refractivity contribution in [2.24, 2.45) is 0 Å². The van der Waals surface area contributed by atoms with E-state index in [1.165, 1.54) is 0 Å². The maximum absolute atomic E-state index is 8.70. The van der Waals surface area contributed by atoms with E-state index in [0.717, 1.165) is 24.7 Å². The molecule has 0 aliphatic carbocycles. The Morgan fingerprint density at radius 2 is 2.06 bits per heavy atom. The average Bonchev–Trinajstić information content (AvgIpc) is 2.79. The highest BCUT2D eigenvalue weighted by Crippen LogP contribution is 2.14. The third kappa shape index (κ3) is 3.08. The molecule has 16 heavy (non-hydrogen) atoms. The summed E-state index contributed by atoms with van der Waals surface area (Å²) in [5.41, 5.74) is 1.08. The molecule has 4 heteroatoms. The first-order valence-corrected chi connectivity index (χ1v) is 5.83. The van der Waals surface area contributed by atoms with Gasteiger partial charge < -0.3 is 14.4 Å². The topological polar surface area (TPSA) is 38.7 Å². The van der Waals surface area contributed by atoms with Gasteiger partial charge in [-0.05, 0) is 24.7 Å². The summed E-state index contributed by atoms with van der Waals surface area (Å²) in [7, 11) is -0.208. The number of benzene rings is 1. The lowest BCUT2D eigenvalue weighted by Gasteiger charge is -2.08. The Kier molecular flexibility index (Phi) is 4.39. The number of unbranched alkanes of at least 4 members (excludes halogenated alkanes) is 1. The summed E-state index contributed by atoms with van der Waals surface area (Å²) >= 11 is 0. The predicted octanol–water partition coefficient (Wildman–Crippen LogP) is 0.960. The molecule has 1 fully saturated rings. The van der Waals surface area contributed by atoms with Crippen LogP contribution in [0.25, 0.3) is 0 Å². The molecule has 1 atom stereocenters. The number of hydrogen-bond acceptors (Lipinski definition) is 3. The molecule has 0 radical (unpaired) electrons. The summed E-state index contributed by atoms with van der Waals surface area (Å²) in [6.45, 7) is 0.917. The summed E-state index contributed by atoms with van der Waals surface area (Å²) < 4.78 is 11.4. The van der Waals surface area contributed by atoms with E-state index in [1.807, 2.05) is 30.3 Å². The highest BCUT2D eigenvalue weighted by molar-refractivity contribution is 6.61. The van der Waals surface area contributed by atoms with E-state index >= 15 is 0 Å². The van der Waals surface area contributed by atoms with E-state index in [2.05, 4.69) is 0 Å². The van der Waals surface area contributed by atoms with Crippen molar-refractivity contribution in [2.45, 2.75) is 25.4 Å². The zero-order valence-electron chi connectivity index (χ0n) is 9.34. The Morgan fingerprint density at radius 3 is 2.81 bits per heavy atom. The molecule has 2 rings (SSSR count). The van der Waals surface area contributed by atoms with Crippen molar-refractivity contribution >= 4 is 12.6 Å². The van der Waals surface area contributed by atoms with Gasteiger partial charge in [0.2, 0.25) is 0 Å². The summed E-state index contributed by atoms with van der Waals surface area (Å²) in [5.74, 6) is 0. The van der Waals surface area contributed by atoms with Crippen molar-refractivity contribution in [3.05, 3.63) is 30.3 Å². The fourth-order valence-electron chi connectivity index (χ4n) is 1.87. The molecular formula is C12H17BO3. The van der Waals surface area contributed by atoms with Crippen LogP contribution in [0.4, 0.5) is 0 Å². The molecule has 0 bridgehead atoms. The third-order valence-electron chi connectivity index (χ3n) is 2.76. The number of aliphatic hydroxyl groups excluding tert-OH is 1. The van der Waals surface area contributed by atoms with E-state index in [4.69, 9.17) is 14.4 Å². The lowest BCUT2D eigenvalue weighted by Crippen LogP contribution is -2.32. The minimum Gasteiger partial charge on any atom is -0.405 e. The standard InChI is InChI=1S/C12H17BO3/c14-9-5-4-8-12-10-15-13(16-12)11-6-2-1-3-7-11/h1-3,6-7,12,14H,4-5,8-10H2. The highest BCUT2D eigenvalue weighted by Gasteiger charge is 2.32. The molecule has 86 valence electrons. The normalized spacial score (nSPS) is 20.3. The molecule has 1 heterocycles. The fourth-order valence-corrected chi connectivity index (χ4v) is 1.87. The molecule has 1 aromatic rings. The van der Waals surface area contributed by atoms with Crippen LogP contribution in [0.15, 0.2) is 30.3 Å². The van der Waals surface area contributed by atoms with Gasteiger partial charge in [-0.15, -0.1) is 0 Å². The molecule has 0 spiro atoms. The lowest BCUT2D eigenvalue weighted by molar-refractivity contribution is 0.209. The molecule has 0 saturated carbocycles. The van der Waals surface area contributed by atoms with Crippen LogP contribution in [0.5, 0.6) is 0 Å². The van der Waals surface area contributed by atoms with Gasteiger partial charge in [0, 0.05) is 6.61 Å². The van der Waals surface area contributed by atoms with E-state index < -0.39 is 0 Å². The second kappa shape index (κ2) is 6.04. The molecule has 1 unspecified atom stereocenters. The summed E-state index contributed by atoms with van der Waals surface area (Å²) in [5, 5.41) is 8.70. The fraction of sp³-hybridized carbons (Fsp3) is 0.500. The lowest BCUT2D eigenvalue weighted by atomic mass is 9.79. The second-order valence-electron chi connectivity index (χ2n) is 4.05. The predicted molar refractivity (Wildman–Crippen MR) is 63.6 cm³/mol. The zero-order valence-corrected chi connectivity index (χ0v) is 9.34. The van der Waals surface area contributed by atoms with Crippen LogP contribution in [-0.4, -0.2) is 31.5 Å². The van der Waals surface area contributed by atoms with Crippen molar-refractivity contribution < 1.29 is 14.4 Å². The zero-order chi connectivity index (χ0) is 11.2. The summed E-state index contributed by atoms with van der Waals surface area (Å²) in [4.78, 5) is 0. The van der Waals surface area contributed by atoms with Crippen LogP contribution in [0.2, 0.25) is 0 Å². The van der Waals surface area contributed by atoms with Crippen LogP contribution in [0.1, 0.15) is 19.3 Å². The van der Waals surface area contributed by atoms with Crippen LogP contribution in [0.3, 0.4) is 0 Å². The molecule has 1 N–H and O–H groups in total. The van der Waals surface area contributed by atoms with Gasteiger partial charge in [0.1, 0.15) is 0 Å². The maximum Gasteiger partial charge on any atom is 0.494 e. The SMILES string of the molecule is OCCCCC1COB(c2ccccc2)O1. The van der Waals surface area contributed by atoms with E-state index in [9.17, 15) is 0 Å². The van der Waals surface area contributed by atoms with E-state index in [1.54, 1.807) is 0 Å². The number of aliphatic hydroxyl groups is 1. The van der Waals surface area contributed by atoms with Crippen LogP contribution < -0.4 is 5.46 Å². The van der Waals surface area contributed by atoms with Gasteiger partial charge in [-0.3, -0.25) is 0 Å². The molecule has 0 amide bonds. The minimum atomic E-state index is -0.208. The first kappa shape index (κ1) is 11.6. The van der Waals surface area contributed by atoms with Crippen molar-refractivity contribution in [1.29, 1.82) is 0 Å². The van der Waals surface area contributed by atoms with Gasteiger partial charge in [-0.25, -0.2) is 0 Å². The first-order chi connectivity index (χ1) is 7.90. The highest BCUT2D eigenvalue weighted by atomic mass is 16.6. The average molecular weight is 220 g/mol. The Labute approximate surface area is 96.5 Å². The van der Waals surface area contributed by atoms with Gasteiger partial charge in [0.05, 0.1) is 12.7 Å². The van der Waals surface area contributed by atoms with E-state index in [0.29, 0.717) is 6.61 Å². The largest absolute Gasteiger partial charge is 0.494 e. The molecule has 3 nitrogen and oxygen atoms in total. The van der Waals surface area contributed by atoms with Gasteiger partial charge >= 0.3 is 7.12 Å². The quantitative estimate of drug-likeness (QED) is 0.593. The van der Waals surface area contributed by atoms with Crippen molar-refractivity contribution in [2.75, 3.05) is 13.2 Å². The van der Waals surface area contributed by atoms with Gasteiger partial charge in [-0.1, -0.05) is 30.3 Å². The first-order valence-electron chi connectivity index (χ1n) is 5.83. The van der Waals surface area contributed by atoms with Gasteiger partial charge in [0.25, 0.3) is 0 Å². The Hall–Kier alpha value is -0.835. The molecular weight excluding hydrogens is 203 g/mol. The smallest absolute Gasteiger partial charge is 0.405 e. The van der Waals surface area contributed by atoms with Crippen molar-refractivity contribution in [3.8, 4) is 0 Å². The molecule has 0 aromatic heterocycles. The Bertz CT molecular complexity index is 304. The number of rotatable bonds is 5. The van der Waals surface area contributed by atoms with Gasteiger partial charge in [0.15, 0.2) is 0 Å². The molecule has 1 aliphatic rings. The molecule has 1 aromatic carbocycles. The Balaban J connectivity index is 1.79. The maximum atomic E-state index is 8.70. The van der Waals surface area contributed by atoms with Crippen molar-refractivity contribution in [3.63, 3.8) is 0 Å². The summed E-state index contributed by atoms with van der Waals surface area (Å²) in [6, 6.07) is 9.99. The number of hydrogen-bond donors (Lipinski definition) is 1. The Morgan fingerprint density at radius 1 is 1.25 bits per heavy atom. The van der Waals surface area contributed by atoms with Crippen LogP contribution >= 0.6 is 0 Å². The van der Waals surface area contributed by atoms with Crippen LogP contribution in [-0.2, 0) is 9.31 Å². The molecule has 1 aliphatic heterocycles. The van der Waals surface area contributed by atoms with Gasteiger partial charge in [-0.2, -0.15) is 0 Å². The third-order valence-corrected chi connectivity index (χ3v) is 2.76. The second-order valence-corrected chi connectivity index (χ2v) is 4.05.